The number of aliphatic carboxylic acids is 1. The quantitative estimate of drug-likeness (QED) is 0.518. The summed E-state index contributed by atoms with van der Waals surface area (Å²) in [6, 6.07) is 7.64. The Morgan fingerprint density at radius 1 is 1.31 bits per heavy atom. The lowest BCUT2D eigenvalue weighted by Crippen LogP contribution is -2.71. The number of likely N-dealkylation sites (tertiary alicyclic amines) is 1. The van der Waals surface area contributed by atoms with E-state index in [0.717, 1.165) is 4.90 Å². The minimum absolute atomic E-state index is 0.0188. The van der Waals surface area contributed by atoms with Gasteiger partial charge in [0.15, 0.2) is 11.6 Å². The molecule has 1 saturated heterocycles. The molecule has 8 heteroatoms. The largest absolute Gasteiger partial charge is 0.480 e. The van der Waals surface area contributed by atoms with Gasteiger partial charge in [-0.2, -0.15) is 0 Å². The maximum atomic E-state index is 12.9. The van der Waals surface area contributed by atoms with E-state index >= 15 is 0 Å². The monoisotopic (exact) mass is 362 g/mol. The summed E-state index contributed by atoms with van der Waals surface area (Å²) in [5, 5.41) is 9.15. The third-order valence-electron chi connectivity index (χ3n) is 4.31. The Kier molecular flexibility index (Phi) is 6.23. The second kappa shape index (κ2) is 8.20. The Balaban J connectivity index is 2.38. The van der Waals surface area contributed by atoms with Gasteiger partial charge in [-0.25, -0.2) is 4.79 Å². The normalized spacial score (nSPS) is 21.8. The summed E-state index contributed by atoms with van der Waals surface area (Å²) >= 11 is 0. The number of esters is 1. The Labute approximate surface area is 150 Å². The highest BCUT2D eigenvalue weighted by atomic mass is 16.5. The first-order valence-electron chi connectivity index (χ1n) is 8.31. The predicted octanol–water partition coefficient (Wildman–Crippen LogP) is 0.134. The average molecular weight is 362 g/mol. The third kappa shape index (κ3) is 3.81. The highest BCUT2D eigenvalue weighted by Gasteiger charge is 2.60. The zero-order chi connectivity index (χ0) is 19.3. The molecule has 26 heavy (non-hydrogen) atoms. The second-order valence-corrected chi connectivity index (χ2v) is 6.27. The van der Waals surface area contributed by atoms with Crippen molar-refractivity contribution < 1.29 is 29.0 Å². The number of hydrogen-bond acceptors (Lipinski definition) is 7. The van der Waals surface area contributed by atoms with Crippen LogP contribution >= 0.6 is 0 Å². The van der Waals surface area contributed by atoms with Gasteiger partial charge in [-0.15, -0.1) is 0 Å². The minimum Gasteiger partial charge on any atom is -0.480 e. The molecule has 0 aromatic heterocycles. The van der Waals surface area contributed by atoms with Crippen LogP contribution in [0.2, 0.25) is 0 Å². The molecule has 140 valence electrons. The number of piperidine rings is 1. The van der Waals surface area contributed by atoms with E-state index in [1.807, 2.05) is 0 Å². The van der Waals surface area contributed by atoms with E-state index in [2.05, 4.69) is 0 Å². The molecule has 1 heterocycles. The Bertz CT molecular complexity index is 703. The highest BCUT2D eigenvalue weighted by Crippen LogP contribution is 2.29. The zero-order valence-electron chi connectivity index (χ0n) is 14.5. The van der Waals surface area contributed by atoms with Crippen LogP contribution in [-0.2, 0) is 30.5 Å². The fraction of sp³-hybridized carbons (Fsp3) is 0.444. The topological polar surface area (TPSA) is 127 Å². The van der Waals surface area contributed by atoms with Crippen LogP contribution in [0.1, 0.15) is 25.3 Å². The van der Waals surface area contributed by atoms with E-state index in [4.69, 9.17) is 15.6 Å². The number of benzene rings is 1. The fourth-order valence-electron chi connectivity index (χ4n) is 3.11. The summed E-state index contributed by atoms with van der Waals surface area (Å²) in [6.07, 6.45) is 0.334. The molecule has 0 aliphatic carbocycles. The molecule has 1 aliphatic rings. The Hall–Kier alpha value is -2.58. The minimum atomic E-state index is -2.31. The summed E-state index contributed by atoms with van der Waals surface area (Å²) in [5.41, 5.74) is 4.04. The molecule has 0 saturated carbocycles. The van der Waals surface area contributed by atoms with Crippen LogP contribution in [0.3, 0.4) is 0 Å². The summed E-state index contributed by atoms with van der Waals surface area (Å²) in [6.45, 7) is 0.693. The number of ketones is 2. The summed E-state index contributed by atoms with van der Waals surface area (Å²) in [4.78, 5) is 50.7. The highest BCUT2D eigenvalue weighted by molar-refractivity contribution is 6.29. The van der Waals surface area contributed by atoms with Crippen molar-refractivity contribution in [3.05, 3.63) is 35.9 Å². The molecule has 2 rings (SSSR count). The molecule has 1 fully saturated rings. The molecule has 1 aromatic carbocycles. The molecular weight excluding hydrogens is 340 g/mol. The van der Waals surface area contributed by atoms with Crippen molar-refractivity contribution in [1.29, 1.82) is 0 Å². The first-order chi connectivity index (χ1) is 12.3. The second-order valence-electron chi connectivity index (χ2n) is 6.27. The van der Waals surface area contributed by atoms with Gasteiger partial charge < -0.3 is 15.6 Å². The van der Waals surface area contributed by atoms with E-state index in [0.29, 0.717) is 12.0 Å². The molecule has 1 aliphatic heterocycles. The molecule has 0 amide bonds. The zero-order valence-corrected chi connectivity index (χ0v) is 14.5. The maximum Gasteiger partial charge on any atom is 0.342 e. The van der Waals surface area contributed by atoms with Crippen molar-refractivity contribution >= 4 is 23.5 Å². The number of Topliss-reactive ketones (excluding diaryl/α,β-unsaturated/α-hetero) is 2. The van der Waals surface area contributed by atoms with Crippen molar-refractivity contribution in [1.82, 2.24) is 4.90 Å². The molecule has 3 N–H and O–H groups in total. The van der Waals surface area contributed by atoms with Crippen LogP contribution in [0.5, 0.6) is 0 Å². The SMILES string of the molecule is C[C@H](N)C(=O)C1(C(=O)OCc2ccccc2)C(=O)CCCN1CC(=O)O. The van der Waals surface area contributed by atoms with Gasteiger partial charge >= 0.3 is 11.9 Å². The number of nitrogens with two attached hydrogens (primary N) is 1. The van der Waals surface area contributed by atoms with Gasteiger partial charge in [0.2, 0.25) is 5.54 Å². The van der Waals surface area contributed by atoms with E-state index in [-0.39, 0.29) is 19.6 Å². The number of rotatable bonds is 7. The van der Waals surface area contributed by atoms with E-state index in [9.17, 15) is 19.2 Å². The molecule has 2 atom stereocenters. The summed E-state index contributed by atoms with van der Waals surface area (Å²) in [7, 11) is 0. The van der Waals surface area contributed by atoms with Crippen LogP contribution in [0, 0.1) is 0 Å². The first kappa shape index (κ1) is 19.7. The van der Waals surface area contributed by atoms with E-state index < -0.39 is 41.6 Å². The third-order valence-corrected chi connectivity index (χ3v) is 4.31. The number of carbonyl (C=O) groups is 4. The van der Waals surface area contributed by atoms with E-state index in [1.165, 1.54) is 6.92 Å². The van der Waals surface area contributed by atoms with Gasteiger partial charge in [-0.1, -0.05) is 30.3 Å². The standard InChI is InChI=1S/C18H22N2O6/c1-12(19)16(24)18(14(21)8-5-9-20(18)10-15(22)23)17(25)26-11-13-6-3-2-4-7-13/h2-4,6-7,12H,5,8-11,19H2,1H3,(H,22,23)/t12-,18?/m0/s1. The maximum absolute atomic E-state index is 12.9. The van der Waals surface area contributed by atoms with Crippen molar-refractivity contribution in [2.75, 3.05) is 13.1 Å². The molecule has 0 spiro atoms. The van der Waals surface area contributed by atoms with Gasteiger partial charge in [0.1, 0.15) is 6.61 Å². The summed E-state index contributed by atoms with van der Waals surface area (Å²) in [5.74, 6) is -3.85. The van der Waals surface area contributed by atoms with Crippen LogP contribution in [0.25, 0.3) is 0 Å². The van der Waals surface area contributed by atoms with Crippen molar-refractivity contribution in [2.45, 2.75) is 38.0 Å². The predicted molar refractivity (Wildman–Crippen MR) is 91.1 cm³/mol. The van der Waals surface area contributed by atoms with Crippen LogP contribution < -0.4 is 5.73 Å². The van der Waals surface area contributed by atoms with Gasteiger partial charge in [0, 0.05) is 13.0 Å². The molecule has 1 aromatic rings. The lowest BCUT2D eigenvalue weighted by Gasteiger charge is -2.42. The van der Waals surface area contributed by atoms with Crippen molar-refractivity contribution in [2.24, 2.45) is 5.73 Å². The Morgan fingerprint density at radius 2 is 1.96 bits per heavy atom. The lowest BCUT2D eigenvalue weighted by molar-refractivity contribution is -0.172. The van der Waals surface area contributed by atoms with Gasteiger partial charge in [-0.3, -0.25) is 19.3 Å². The molecule has 0 bridgehead atoms. The number of carboxylic acid groups (broad SMARTS) is 1. The molecular formula is C18H22N2O6. The van der Waals surface area contributed by atoms with Gasteiger partial charge in [0.05, 0.1) is 12.6 Å². The number of carbonyl (C=O) groups excluding carboxylic acids is 3. The van der Waals surface area contributed by atoms with E-state index in [1.54, 1.807) is 30.3 Å². The Morgan fingerprint density at radius 3 is 2.54 bits per heavy atom. The van der Waals surface area contributed by atoms with Crippen molar-refractivity contribution in [3.8, 4) is 0 Å². The first-order valence-corrected chi connectivity index (χ1v) is 8.31. The lowest BCUT2D eigenvalue weighted by atomic mass is 9.79. The van der Waals surface area contributed by atoms with Crippen LogP contribution in [-0.4, -0.2) is 58.2 Å². The fourth-order valence-corrected chi connectivity index (χ4v) is 3.11. The number of ether oxygens (including phenoxy) is 1. The molecule has 8 nitrogen and oxygen atoms in total. The number of hydrogen-bond donors (Lipinski definition) is 2. The molecule has 1 unspecified atom stereocenters. The van der Waals surface area contributed by atoms with Gasteiger partial charge in [-0.05, 0) is 18.9 Å². The molecule has 0 radical (unpaired) electrons. The smallest absolute Gasteiger partial charge is 0.342 e. The number of nitrogens with zero attached hydrogens (tertiary/aromatic N) is 1. The van der Waals surface area contributed by atoms with Crippen LogP contribution in [0.15, 0.2) is 30.3 Å². The summed E-state index contributed by atoms with van der Waals surface area (Å²) < 4.78 is 5.25. The van der Waals surface area contributed by atoms with Crippen molar-refractivity contribution in [3.63, 3.8) is 0 Å². The van der Waals surface area contributed by atoms with Crippen LogP contribution in [0.4, 0.5) is 0 Å². The van der Waals surface area contributed by atoms with Gasteiger partial charge in [0.25, 0.3) is 0 Å². The average Bonchev–Trinajstić information content (AvgIpc) is 2.60. The number of carboxylic acids is 1.